The molecule has 0 aromatic heterocycles. The van der Waals surface area contributed by atoms with Crippen molar-refractivity contribution in [2.45, 2.75) is 52.0 Å². The van der Waals surface area contributed by atoms with E-state index in [0.29, 0.717) is 17.2 Å². The Morgan fingerprint density at radius 3 is 2.50 bits per heavy atom. The molecule has 0 radical (unpaired) electrons. The molecule has 1 fully saturated rings. The van der Waals surface area contributed by atoms with E-state index in [4.69, 9.17) is 17.0 Å². The molecular formula is C21H27N3O3S. The number of amides is 2. The summed E-state index contributed by atoms with van der Waals surface area (Å²) in [6, 6.07) is 4.06. The molecule has 1 aromatic carbocycles. The molecule has 2 N–H and O–H groups in total. The van der Waals surface area contributed by atoms with E-state index in [9.17, 15) is 9.59 Å². The van der Waals surface area contributed by atoms with Crippen LogP contribution in [0.15, 0.2) is 17.7 Å². The molecule has 3 rings (SSSR count). The van der Waals surface area contributed by atoms with Gasteiger partial charge in [-0.1, -0.05) is 13.8 Å². The molecule has 1 atom stereocenters. The highest BCUT2D eigenvalue weighted by Crippen LogP contribution is 2.46. The maximum Gasteiger partial charge on any atom is 0.263 e. The zero-order valence-electron chi connectivity index (χ0n) is 17.0. The molecule has 2 aliphatic heterocycles. The lowest BCUT2D eigenvalue weighted by atomic mass is 9.79. The number of anilines is 1. The van der Waals surface area contributed by atoms with Crippen molar-refractivity contribution in [2.75, 3.05) is 18.6 Å². The molecule has 28 heavy (non-hydrogen) atoms. The SMILES string of the molecule is CCCN1c2cc(OC)c(C=C3C(=O)NC(=S)NC3=O)cc2C(C)CC1(C)C. The summed E-state index contributed by atoms with van der Waals surface area (Å²) in [5, 5.41) is 4.96. The van der Waals surface area contributed by atoms with Gasteiger partial charge in [0.1, 0.15) is 11.3 Å². The predicted molar refractivity (Wildman–Crippen MR) is 115 cm³/mol. The van der Waals surface area contributed by atoms with E-state index in [1.165, 1.54) is 5.56 Å². The predicted octanol–water partition coefficient (Wildman–Crippen LogP) is 3.11. The first-order valence-corrected chi connectivity index (χ1v) is 9.96. The van der Waals surface area contributed by atoms with Gasteiger partial charge in [0.05, 0.1) is 7.11 Å². The van der Waals surface area contributed by atoms with Crippen molar-refractivity contribution in [2.24, 2.45) is 0 Å². The summed E-state index contributed by atoms with van der Waals surface area (Å²) in [6.07, 6.45) is 3.64. The molecule has 7 heteroatoms. The number of benzene rings is 1. The minimum Gasteiger partial charge on any atom is -0.496 e. The van der Waals surface area contributed by atoms with Crippen molar-refractivity contribution < 1.29 is 14.3 Å². The molecular weight excluding hydrogens is 374 g/mol. The summed E-state index contributed by atoms with van der Waals surface area (Å²) < 4.78 is 5.61. The number of hydrogen-bond donors (Lipinski definition) is 2. The van der Waals surface area contributed by atoms with Gasteiger partial charge in [-0.15, -0.1) is 0 Å². The van der Waals surface area contributed by atoms with E-state index in [-0.39, 0.29) is 16.2 Å². The second kappa shape index (κ2) is 7.54. The summed E-state index contributed by atoms with van der Waals surface area (Å²) in [6.45, 7) is 9.88. The standard InChI is InChI=1S/C21H27N3O3S/c1-6-7-24-16-10-17(27-5)13(8-14(16)12(2)11-21(24,3)4)9-15-18(25)22-20(28)23-19(15)26/h8-10,12H,6-7,11H2,1-5H3,(H2,22,23,25,26,28). The Morgan fingerprint density at radius 1 is 1.29 bits per heavy atom. The Labute approximate surface area is 171 Å². The van der Waals surface area contributed by atoms with Crippen LogP contribution in [0.3, 0.4) is 0 Å². The lowest BCUT2D eigenvalue weighted by Crippen LogP contribution is -2.51. The largest absolute Gasteiger partial charge is 0.496 e. The van der Waals surface area contributed by atoms with Gasteiger partial charge in [-0.05, 0) is 62.5 Å². The van der Waals surface area contributed by atoms with Crippen molar-refractivity contribution in [3.8, 4) is 5.75 Å². The zero-order valence-corrected chi connectivity index (χ0v) is 17.8. The van der Waals surface area contributed by atoms with Crippen LogP contribution in [0.4, 0.5) is 5.69 Å². The highest BCUT2D eigenvalue weighted by atomic mass is 32.1. The first-order chi connectivity index (χ1) is 13.2. The quantitative estimate of drug-likeness (QED) is 0.461. The van der Waals surface area contributed by atoms with Crippen LogP contribution in [0.25, 0.3) is 6.08 Å². The summed E-state index contributed by atoms with van der Waals surface area (Å²) >= 11 is 4.86. The molecule has 0 saturated carbocycles. The first kappa shape index (κ1) is 20.3. The number of fused-ring (bicyclic) bond motifs is 1. The van der Waals surface area contributed by atoms with Crippen molar-refractivity contribution in [3.05, 3.63) is 28.8 Å². The Kier molecular flexibility index (Phi) is 5.48. The number of ether oxygens (including phenoxy) is 1. The Balaban J connectivity index is 2.12. The van der Waals surface area contributed by atoms with Gasteiger partial charge in [-0.3, -0.25) is 20.2 Å². The smallest absolute Gasteiger partial charge is 0.263 e. The van der Waals surface area contributed by atoms with E-state index in [1.807, 2.05) is 12.1 Å². The Bertz CT molecular complexity index is 854. The fourth-order valence-electron chi connectivity index (χ4n) is 4.23. The summed E-state index contributed by atoms with van der Waals surface area (Å²) in [7, 11) is 1.60. The topological polar surface area (TPSA) is 70.7 Å². The van der Waals surface area contributed by atoms with Crippen molar-refractivity contribution in [1.29, 1.82) is 0 Å². The van der Waals surface area contributed by atoms with Crippen LogP contribution in [0, 0.1) is 0 Å². The lowest BCUT2D eigenvalue weighted by Gasteiger charge is -2.47. The number of rotatable bonds is 4. The van der Waals surface area contributed by atoms with Gasteiger partial charge in [0.2, 0.25) is 0 Å². The molecule has 2 amide bonds. The number of methoxy groups -OCH3 is 1. The third-order valence-corrected chi connectivity index (χ3v) is 5.63. The highest BCUT2D eigenvalue weighted by Gasteiger charge is 2.36. The molecule has 0 spiro atoms. The van der Waals surface area contributed by atoms with Crippen LogP contribution in [0.2, 0.25) is 0 Å². The lowest BCUT2D eigenvalue weighted by molar-refractivity contribution is -0.123. The van der Waals surface area contributed by atoms with Crippen LogP contribution in [0.1, 0.15) is 57.6 Å². The molecule has 6 nitrogen and oxygen atoms in total. The van der Waals surface area contributed by atoms with Crippen LogP contribution in [-0.2, 0) is 9.59 Å². The van der Waals surface area contributed by atoms with Gasteiger partial charge >= 0.3 is 0 Å². The van der Waals surface area contributed by atoms with E-state index < -0.39 is 11.8 Å². The molecule has 1 aromatic rings. The second-order valence-corrected chi connectivity index (χ2v) is 8.43. The minimum atomic E-state index is -0.504. The molecule has 2 aliphatic rings. The molecule has 1 saturated heterocycles. The zero-order chi connectivity index (χ0) is 20.6. The number of nitrogens with one attached hydrogen (secondary N) is 2. The van der Waals surface area contributed by atoms with E-state index in [1.54, 1.807) is 13.2 Å². The van der Waals surface area contributed by atoms with Gasteiger partial charge in [-0.2, -0.15) is 0 Å². The van der Waals surface area contributed by atoms with Crippen LogP contribution < -0.4 is 20.3 Å². The number of nitrogens with zero attached hydrogens (tertiary/aromatic N) is 1. The molecule has 0 aliphatic carbocycles. The molecule has 2 heterocycles. The van der Waals surface area contributed by atoms with E-state index in [2.05, 4.69) is 43.2 Å². The van der Waals surface area contributed by atoms with E-state index in [0.717, 1.165) is 25.1 Å². The Hall–Kier alpha value is -2.41. The molecule has 0 bridgehead atoms. The number of hydrogen-bond acceptors (Lipinski definition) is 5. The summed E-state index contributed by atoms with van der Waals surface area (Å²) in [5.74, 6) is -0.0283. The highest BCUT2D eigenvalue weighted by molar-refractivity contribution is 7.80. The van der Waals surface area contributed by atoms with Crippen LogP contribution in [-0.4, -0.2) is 36.1 Å². The first-order valence-electron chi connectivity index (χ1n) is 9.56. The third kappa shape index (κ3) is 3.63. The van der Waals surface area contributed by atoms with Gasteiger partial charge in [0.15, 0.2) is 5.11 Å². The summed E-state index contributed by atoms with van der Waals surface area (Å²) in [4.78, 5) is 26.9. The number of carbonyl (C=O) groups excluding carboxylic acids is 2. The maximum absolute atomic E-state index is 12.2. The average molecular weight is 402 g/mol. The molecule has 1 unspecified atom stereocenters. The normalized spacial score (nSPS) is 21.0. The fourth-order valence-corrected chi connectivity index (χ4v) is 4.41. The minimum absolute atomic E-state index is 0.0149. The fraction of sp³-hybridized carbons (Fsp3) is 0.476. The number of carbonyl (C=O) groups is 2. The summed E-state index contributed by atoms with van der Waals surface area (Å²) in [5.41, 5.74) is 3.13. The maximum atomic E-state index is 12.2. The van der Waals surface area contributed by atoms with Crippen molar-refractivity contribution in [1.82, 2.24) is 10.6 Å². The second-order valence-electron chi connectivity index (χ2n) is 8.02. The monoisotopic (exact) mass is 401 g/mol. The van der Waals surface area contributed by atoms with Crippen molar-refractivity contribution >= 4 is 40.9 Å². The Morgan fingerprint density at radius 2 is 1.93 bits per heavy atom. The van der Waals surface area contributed by atoms with Crippen molar-refractivity contribution in [3.63, 3.8) is 0 Å². The van der Waals surface area contributed by atoms with Gasteiger partial charge in [0.25, 0.3) is 11.8 Å². The van der Waals surface area contributed by atoms with Gasteiger partial charge in [-0.25, -0.2) is 0 Å². The average Bonchev–Trinajstić information content (AvgIpc) is 2.60. The van der Waals surface area contributed by atoms with Crippen LogP contribution in [0.5, 0.6) is 5.75 Å². The van der Waals surface area contributed by atoms with E-state index >= 15 is 0 Å². The number of thiocarbonyl (C=S) groups is 1. The third-order valence-electron chi connectivity index (χ3n) is 5.43. The van der Waals surface area contributed by atoms with Gasteiger partial charge in [0, 0.05) is 29.4 Å². The van der Waals surface area contributed by atoms with Gasteiger partial charge < -0.3 is 9.64 Å². The molecule has 150 valence electrons. The van der Waals surface area contributed by atoms with Crippen LogP contribution >= 0.6 is 12.2 Å².